The SMILES string of the molecule is CPC(=O)OCC(=O)c1ccc(C)c(COc2cccc3cc(C(=O)COC(=O)PC)ccc23)c1. The molecule has 9 heteroatoms. The maximum atomic E-state index is 12.4. The molecule has 0 saturated carbocycles. The largest absolute Gasteiger partial charge is 0.488 e. The number of carbonyl (C=O) groups is 4. The second-order valence-electron chi connectivity index (χ2n) is 7.62. The summed E-state index contributed by atoms with van der Waals surface area (Å²) in [6, 6.07) is 16.1. The van der Waals surface area contributed by atoms with E-state index in [2.05, 4.69) is 0 Å². The van der Waals surface area contributed by atoms with Gasteiger partial charge in [-0.3, -0.25) is 9.59 Å². The predicted octanol–water partition coefficient (Wildman–Crippen LogP) is 5.98. The van der Waals surface area contributed by atoms with E-state index in [1.807, 2.05) is 31.2 Å². The summed E-state index contributed by atoms with van der Waals surface area (Å²) in [6.45, 7) is 4.99. The summed E-state index contributed by atoms with van der Waals surface area (Å²) in [6.07, 6.45) is 0. The van der Waals surface area contributed by atoms with Gasteiger partial charge >= 0.3 is 11.4 Å². The van der Waals surface area contributed by atoms with Crippen LogP contribution in [0.1, 0.15) is 31.8 Å². The van der Waals surface area contributed by atoms with Gasteiger partial charge in [0, 0.05) is 16.5 Å². The van der Waals surface area contributed by atoms with Crippen LogP contribution in [0.5, 0.6) is 5.75 Å². The number of Topliss-reactive ketones (excluding diaryl/α,β-unsaturated/α-hetero) is 2. The third kappa shape index (κ3) is 7.17. The number of carbonyl (C=O) groups excluding carboxylic acids is 4. The molecule has 0 aromatic heterocycles. The molecule has 0 saturated heterocycles. The molecule has 7 nitrogen and oxygen atoms in total. The van der Waals surface area contributed by atoms with E-state index in [1.165, 1.54) is 0 Å². The molecule has 0 fully saturated rings. The molecule has 0 heterocycles. The average molecular weight is 512 g/mol. The first kappa shape index (κ1) is 26.5. The van der Waals surface area contributed by atoms with Crippen LogP contribution in [-0.2, 0) is 16.1 Å². The zero-order chi connectivity index (χ0) is 25.4. The minimum absolute atomic E-state index is 0.0138. The summed E-state index contributed by atoms with van der Waals surface area (Å²) >= 11 is 0. The topological polar surface area (TPSA) is 96.0 Å². The van der Waals surface area contributed by atoms with Crippen molar-refractivity contribution in [3.63, 3.8) is 0 Å². The molecule has 0 aliphatic carbocycles. The number of ketones is 2. The summed E-state index contributed by atoms with van der Waals surface area (Å²) < 4.78 is 16.0. The minimum atomic E-state index is -0.392. The van der Waals surface area contributed by atoms with Gasteiger partial charge < -0.3 is 14.2 Å². The Morgan fingerprint density at radius 2 is 1.37 bits per heavy atom. The Morgan fingerprint density at radius 3 is 2.00 bits per heavy atom. The Bertz CT molecular complexity index is 1270. The Morgan fingerprint density at radius 1 is 0.771 bits per heavy atom. The highest BCUT2D eigenvalue weighted by Crippen LogP contribution is 2.28. The number of aryl methyl sites for hydroxylation is 1. The van der Waals surface area contributed by atoms with E-state index < -0.39 is 11.4 Å². The van der Waals surface area contributed by atoms with Crippen molar-refractivity contribution in [1.29, 1.82) is 0 Å². The molecule has 0 N–H and O–H groups in total. The smallest absolute Gasteiger partial charge is 0.323 e. The van der Waals surface area contributed by atoms with Crippen LogP contribution in [0.3, 0.4) is 0 Å². The fourth-order valence-corrected chi connectivity index (χ4v) is 3.72. The van der Waals surface area contributed by atoms with Gasteiger partial charge in [-0.05, 0) is 78.2 Å². The maximum Gasteiger partial charge on any atom is 0.323 e. The van der Waals surface area contributed by atoms with Crippen molar-refractivity contribution in [2.45, 2.75) is 13.5 Å². The van der Waals surface area contributed by atoms with Crippen molar-refractivity contribution in [1.82, 2.24) is 0 Å². The maximum absolute atomic E-state index is 12.4. The number of fused-ring (bicyclic) bond motifs is 1. The Labute approximate surface area is 207 Å². The lowest BCUT2D eigenvalue weighted by Gasteiger charge is -2.13. The second kappa shape index (κ2) is 12.5. The highest BCUT2D eigenvalue weighted by atomic mass is 31.1. The monoisotopic (exact) mass is 512 g/mol. The number of hydrogen-bond donors (Lipinski definition) is 0. The summed E-state index contributed by atoms with van der Waals surface area (Å²) in [5, 5.41) is 1.64. The quantitative estimate of drug-likeness (QED) is 0.230. The second-order valence-corrected chi connectivity index (χ2v) is 9.44. The van der Waals surface area contributed by atoms with Crippen LogP contribution in [0.2, 0.25) is 0 Å². The average Bonchev–Trinajstić information content (AvgIpc) is 2.88. The summed E-state index contributed by atoms with van der Waals surface area (Å²) in [5.41, 5.74) is 1.92. The van der Waals surface area contributed by atoms with Crippen molar-refractivity contribution in [2.75, 3.05) is 26.5 Å². The van der Waals surface area contributed by atoms with Gasteiger partial charge in [-0.1, -0.05) is 30.3 Å². The number of benzene rings is 3. The molecule has 0 radical (unpaired) electrons. The molecular weight excluding hydrogens is 486 g/mol. The van der Waals surface area contributed by atoms with E-state index in [0.717, 1.165) is 21.9 Å². The molecule has 0 aliphatic rings. The molecule has 3 aromatic carbocycles. The fourth-order valence-electron chi connectivity index (χ4n) is 3.28. The van der Waals surface area contributed by atoms with Crippen molar-refractivity contribution in [2.24, 2.45) is 0 Å². The Kier molecular flexibility index (Phi) is 9.47. The number of rotatable bonds is 11. The minimum Gasteiger partial charge on any atom is -0.488 e. The zero-order valence-corrected chi connectivity index (χ0v) is 21.7. The van der Waals surface area contributed by atoms with Gasteiger partial charge in [0.1, 0.15) is 12.4 Å². The van der Waals surface area contributed by atoms with Crippen LogP contribution >= 0.6 is 17.2 Å². The Hall–Kier alpha value is -3.14. The van der Waals surface area contributed by atoms with Gasteiger partial charge in [-0.25, -0.2) is 9.59 Å². The van der Waals surface area contributed by atoms with Gasteiger partial charge in [0.05, 0.1) is 0 Å². The lowest BCUT2D eigenvalue weighted by Crippen LogP contribution is -2.11. The predicted molar refractivity (Wildman–Crippen MR) is 139 cm³/mol. The highest BCUT2D eigenvalue weighted by Gasteiger charge is 2.13. The van der Waals surface area contributed by atoms with Gasteiger partial charge in [-0.15, -0.1) is 0 Å². The van der Waals surface area contributed by atoms with E-state index in [9.17, 15) is 19.2 Å². The molecular formula is C26H26O7P2. The molecule has 0 aliphatic heterocycles. The third-order valence-corrected chi connectivity index (χ3v) is 6.40. The van der Waals surface area contributed by atoms with E-state index in [1.54, 1.807) is 43.7 Å². The summed E-state index contributed by atoms with van der Waals surface area (Å²) in [5.74, 6) is 0.0893. The highest BCUT2D eigenvalue weighted by molar-refractivity contribution is 7.56. The van der Waals surface area contributed by atoms with E-state index in [-0.39, 0.29) is 48.5 Å². The first-order valence-corrected chi connectivity index (χ1v) is 13.8. The van der Waals surface area contributed by atoms with Crippen LogP contribution in [0, 0.1) is 6.92 Å². The lowest BCUT2D eigenvalue weighted by molar-refractivity contribution is 0.0873. The molecule has 0 amide bonds. The van der Waals surface area contributed by atoms with Crippen molar-refractivity contribution in [3.8, 4) is 5.75 Å². The molecule has 0 spiro atoms. The van der Waals surface area contributed by atoms with Crippen LogP contribution in [-0.4, -0.2) is 49.5 Å². The summed E-state index contributed by atoms with van der Waals surface area (Å²) in [4.78, 5) is 47.4. The fraction of sp³-hybridized carbons (Fsp3) is 0.231. The zero-order valence-electron chi connectivity index (χ0n) is 19.7. The van der Waals surface area contributed by atoms with Gasteiger partial charge in [0.2, 0.25) is 0 Å². The van der Waals surface area contributed by atoms with Crippen LogP contribution < -0.4 is 4.74 Å². The van der Waals surface area contributed by atoms with Crippen molar-refractivity contribution >= 4 is 50.9 Å². The van der Waals surface area contributed by atoms with Crippen LogP contribution in [0.4, 0.5) is 9.59 Å². The molecule has 2 unspecified atom stereocenters. The van der Waals surface area contributed by atoms with E-state index in [4.69, 9.17) is 14.2 Å². The lowest BCUT2D eigenvalue weighted by atomic mass is 10.0. The van der Waals surface area contributed by atoms with Gasteiger partial charge in [0.15, 0.2) is 24.8 Å². The van der Waals surface area contributed by atoms with Crippen LogP contribution in [0.15, 0.2) is 54.6 Å². The van der Waals surface area contributed by atoms with Gasteiger partial charge in [0.25, 0.3) is 0 Å². The Balaban J connectivity index is 1.73. The standard InChI is InChI=1S/C26H26O7P2/c1-16-7-8-18(22(27)14-32-25(29)34-2)12-20(16)13-31-24-6-4-5-17-11-19(9-10-21(17)24)23(28)15-33-26(30)35-3/h4-12,34-35H,13-15H2,1-3H3. The number of ether oxygens (including phenoxy) is 3. The van der Waals surface area contributed by atoms with Crippen molar-refractivity contribution in [3.05, 3.63) is 76.9 Å². The van der Waals surface area contributed by atoms with E-state index >= 15 is 0 Å². The van der Waals surface area contributed by atoms with E-state index in [0.29, 0.717) is 16.9 Å². The third-order valence-electron chi connectivity index (χ3n) is 5.29. The van der Waals surface area contributed by atoms with Crippen LogP contribution in [0.25, 0.3) is 10.8 Å². The molecule has 3 aromatic rings. The first-order chi connectivity index (χ1) is 16.8. The first-order valence-electron chi connectivity index (χ1n) is 10.8. The molecule has 2 atom stereocenters. The van der Waals surface area contributed by atoms with Crippen molar-refractivity contribution < 1.29 is 33.4 Å². The molecule has 3 rings (SSSR count). The number of hydrogen-bond acceptors (Lipinski definition) is 7. The van der Waals surface area contributed by atoms with Gasteiger partial charge in [-0.2, -0.15) is 0 Å². The summed E-state index contributed by atoms with van der Waals surface area (Å²) in [7, 11) is -0.0291. The molecule has 0 bridgehead atoms. The normalized spacial score (nSPS) is 11.3. The molecule has 35 heavy (non-hydrogen) atoms. The molecule has 182 valence electrons.